The number of sulfone groups is 1. The Balaban J connectivity index is 4.76. The minimum atomic E-state index is -3.23. The Morgan fingerprint density at radius 2 is 1.90 bits per heavy atom. The molecule has 0 aromatic heterocycles. The van der Waals surface area contributed by atoms with Crippen LogP contribution in [0, 0.1) is 0 Å². The summed E-state index contributed by atoms with van der Waals surface area (Å²) in [6.07, 6.45) is 0.163. The molecule has 0 spiro atoms. The summed E-state index contributed by atoms with van der Waals surface area (Å²) in [5.74, 6) is 0. The molecule has 0 saturated carbocycles. The number of aliphatic hydroxyl groups excluding tert-OH is 1. The first kappa shape index (κ1) is 10.4. The van der Waals surface area contributed by atoms with Crippen molar-refractivity contribution >= 4 is 25.8 Å². The first-order valence-corrected chi connectivity index (χ1v) is 5.44. The molecule has 0 rings (SSSR count). The van der Waals surface area contributed by atoms with Gasteiger partial charge in [-0.2, -0.15) is 0 Å². The highest BCUT2D eigenvalue weighted by Gasteiger charge is 2.37. The molecule has 0 aliphatic rings. The fourth-order valence-electron chi connectivity index (χ4n) is 0.310. The SMILES string of the molecule is C[C@@H](O)[C@@](C)(Br)S(C)(=O)=O. The third-order valence-electron chi connectivity index (χ3n) is 1.47. The minimum absolute atomic E-state index is 0.914. The summed E-state index contributed by atoms with van der Waals surface area (Å²) in [5.41, 5.74) is 0. The lowest BCUT2D eigenvalue weighted by atomic mass is 10.3. The fourth-order valence-corrected chi connectivity index (χ4v) is 0.929. The van der Waals surface area contributed by atoms with E-state index in [4.69, 9.17) is 5.11 Å². The molecular weight excluding hydrogens is 220 g/mol. The van der Waals surface area contributed by atoms with E-state index in [1.807, 2.05) is 0 Å². The fraction of sp³-hybridized carbons (Fsp3) is 1.00. The number of alkyl halides is 1. The number of aliphatic hydroxyl groups is 1. The van der Waals surface area contributed by atoms with E-state index in [1.165, 1.54) is 13.8 Å². The average molecular weight is 231 g/mol. The van der Waals surface area contributed by atoms with E-state index < -0.39 is 19.6 Å². The van der Waals surface area contributed by atoms with Crippen LogP contribution in [-0.4, -0.2) is 29.5 Å². The lowest BCUT2D eigenvalue weighted by molar-refractivity contribution is 0.185. The van der Waals surface area contributed by atoms with Crippen LogP contribution in [-0.2, 0) is 9.84 Å². The molecule has 0 saturated heterocycles. The maximum Gasteiger partial charge on any atom is 0.165 e. The van der Waals surface area contributed by atoms with Gasteiger partial charge >= 0.3 is 0 Å². The molecule has 0 fully saturated rings. The summed E-state index contributed by atoms with van der Waals surface area (Å²) in [4.78, 5) is 0. The first-order valence-electron chi connectivity index (χ1n) is 2.76. The lowest BCUT2D eigenvalue weighted by Crippen LogP contribution is -2.38. The van der Waals surface area contributed by atoms with E-state index in [2.05, 4.69) is 15.9 Å². The molecule has 0 bridgehead atoms. The van der Waals surface area contributed by atoms with Crippen LogP contribution in [0.5, 0.6) is 0 Å². The number of hydrogen-bond donors (Lipinski definition) is 1. The summed E-state index contributed by atoms with van der Waals surface area (Å²) in [7, 11) is -3.23. The third kappa shape index (κ3) is 1.93. The Kier molecular flexibility index (Phi) is 2.90. The van der Waals surface area contributed by atoms with Crippen molar-refractivity contribution in [3.8, 4) is 0 Å². The van der Waals surface area contributed by atoms with Crippen molar-refractivity contribution in [2.75, 3.05) is 6.26 Å². The lowest BCUT2D eigenvalue weighted by Gasteiger charge is -2.22. The highest BCUT2D eigenvalue weighted by Crippen LogP contribution is 2.27. The van der Waals surface area contributed by atoms with E-state index in [0.29, 0.717) is 0 Å². The molecule has 1 N–H and O–H groups in total. The number of rotatable bonds is 2. The van der Waals surface area contributed by atoms with Gasteiger partial charge in [0.2, 0.25) is 0 Å². The van der Waals surface area contributed by atoms with E-state index in [0.717, 1.165) is 6.26 Å². The summed E-state index contributed by atoms with van der Waals surface area (Å²) in [6.45, 7) is 2.85. The molecule has 10 heavy (non-hydrogen) atoms. The van der Waals surface area contributed by atoms with Crippen molar-refractivity contribution in [3.63, 3.8) is 0 Å². The van der Waals surface area contributed by atoms with Crippen LogP contribution in [0.2, 0.25) is 0 Å². The maximum atomic E-state index is 10.9. The molecule has 0 aromatic rings. The van der Waals surface area contributed by atoms with Crippen LogP contribution in [0.1, 0.15) is 13.8 Å². The molecule has 0 radical (unpaired) electrons. The predicted octanol–water partition coefficient (Wildman–Crippen LogP) is 0.523. The van der Waals surface area contributed by atoms with Crippen molar-refractivity contribution < 1.29 is 13.5 Å². The van der Waals surface area contributed by atoms with Crippen molar-refractivity contribution in [1.82, 2.24) is 0 Å². The van der Waals surface area contributed by atoms with Crippen molar-refractivity contribution in [2.24, 2.45) is 0 Å². The standard InChI is InChI=1S/C5H11BrO3S/c1-4(7)5(2,6)10(3,8)9/h4,7H,1-3H3/t4-,5+/m1/s1. The Morgan fingerprint density at radius 3 is 1.90 bits per heavy atom. The highest BCUT2D eigenvalue weighted by molar-refractivity contribution is 9.11. The van der Waals surface area contributed by atoms with Gasteiger partial charge in [-0.15, -0.1) is 0 Å². The van der Waals surface area contributed by atoms with Crippen LogP contribution in [0.3, 0.4) is 0 Å². The van der Waals surface area contributed by atoms with Crippen LogP contribution in [0.15, 0.2) is 0 Å². The van der Waals surface area contributed by atoms with Crippen LogP contribution in [0.4, 0.5) is 0 Å². The molecule has 0 unspecified atom stereocenters. The van der Waals surface area contributed by atoms with Gasteiger partial charge in [-0.1, -0.05) is 15.9 Å². The number of halogens is 1. The molecule has 0 heterocycles. The van der Waals surface area contributed by atoms with Gasteiger partial charge in [-0.3, -0.25) is 0 Å². The Labute approximate surface area is 69.5 Å². The van der Waals surface area contributed by atoms with E-state index in [-0.39, 0.29) is 0 Å². The van der Waals surface area contributed by atoms with Crippen LogP contribution in [0.25, 0.3) is 0 Å². The van der Waals surface area contributed by atoms with Gasteiger partial charge in [0.1, 0.15) is 3.66 Å². The summed E-state index contributed by atoms with van der Waals surface area (Å²) in [5, 5.41) is 8.99. The molecule has 3 nitrogen and oxygen atoms in total. The molecule has 62 valence electrons. The average Bonchev–Trinajstić information content (AvgIpc) is 1.62. The smallest absolute Gasteiger partial charge is 0.165 e. The Bertz CT molecular complexity index is 205. The van der Waals surface area contributed by atoms with Gasteiger partial charge in [0.15, 0.2) is 9.84 Å². The normalized spacial score (nSPS) is 21.7. The zero-order valence-corrected chi connectivity index (χ0v) is 8.53. The van der Waals surface area contributed by atoms with Crippen molar-refractivity contribution in [1.29, 1.82) is 0 Å². The van der Waals surface area contributed by atoms with Gasteiger partial charge in [-0.25, -0.2) is 8.42 Å². The molecule has 0 aromatic carbocycles. The summed E-state index contributed by atoms with van der Waals surface area (Å²) >= 11 is 2.93. The molecule has 0 aliphatic heterocycles. The Hall–Kier alpha value is 0.390. The monoisotopic (exact) mass is 230 g/mol. The number of hydrogen-bond acceptors (Lipinski definition) is 3. The zero-order chi connectivity index (χ0) is 8.58. The van der Waals surface area contributed by atoms with Crippen LogP contribution >= 0.6 is 15.9 Å². The highest BCUT2D eigenvalue weighted by atomic mass is 79.9. The second kappa shape index (κ2) is 2.79. The molecular formula is C5H11BrO3S. The minimum Gasteiger partial charge on any atom is -0.391 e. The molecule has 0 aliphatic carbocycles. The second-order valence-corrected chi connectivity index (χ2v) is 7.00. The van der Waals surface area contributed by atoms with E-state index >= 15 is 0 Å². The molecule has 5 heteroatoms. The van der Waals surface area contributed by atoms with Crippen molar-refractivity contribution in [2.45, 2.75) is 23.6 Å². The predicted molar refractivity (Wildman–Crippen MR) is 43.9 cm³/mol. The topological polar surface area (TPSA) is 54.4 Å². The molecule has 0 amide bonds. The van der Waals surface area contributed by atoms with E-state index in [9.17, 15) is 8.42 Å². The quantitative estimate of drug-likeness (QED) is 0.705. The Morgan fingerprint density at radius 1 is 1.60 bits per heavy atom. The second-order valence-electron chi connectivity index (χ2n) is 2.43. The van der Waals surface area contributed by atoms with Gasteiger partial charge in [-0.05, 0) is 13.8 Å². The van der Waals surface area contributed by atoms with Gasteiger partial charge in [0, 0.05) is 6.26 Å². The summed E-state index contributed by atoms with van der Waals surface area (Å²) in [6, 6.07) is 0. The van der Waals surface area contributed by atoms with Crippen molar-refractivity contribution in [3.05, 3.63) is 0 Å². The largest absolute Gasteiger partial charge is 0.391 e. The summed E-state index contributed by atoms with van der Waals surface area (Å²) < 4.78 is 20.6. The van der Waals surface area contributed by atoms with Crippen LogP contribution < -0.4 is 0 Å². The van der Waals surface area contributed by atoms with Gasteiger partial charge < -0.3 is 5.11 Å². The first-order chi connectivity index (χ1) is 4.19. The third-order valence-corrected chi connectivity index (χ3v) is 5.69. The van der Waals surface area contributed by atoms with Gasteiger partial charge in [0.25, 0.3) is 0 Å². The zero-order valence-electron chi connectivity index (χ0n) is 6.13. The van der Waals surface area contributed by atoms with Gasteiger partial charge in [0.05, 0.1) is 6.10 Å². The maximum absolute atomic E-state index is 10.9. The van der Waals surface area contributed by atoms with E-state index in [1.54, 1.807) is 0 Å². The molecule has 2 atom stereocenters.